The molecule has 4 aromatic rings. The maximum Gasteiger partial charge on any atom is 0.322 e. The number of benzene rings is 2. The number of halogens is 1. The Morgan fingerprint density at radius 1 is 1.20 bits per heavy atom. The van der Waals surface area contributed by atoms with Gasteiger partial charge in [0, 0.05) is 41.9 Å². The summed E-state index contributed by atoms with van der Waals surface area (Å²) in [7, 11) is 0. The van der Waals surface area contributed by atoms with Crippen molar-refractivity contribution in [1.29, 1.82) is 5.41 Å². The van der Waals surface area contributed by atoms with Crippen LogP contribution in [0.1, 0.15) is 17.7 Å². The van der Waals surface area contributed by atoms with Gasteiger partial charge in [-0.1, -0.05) is 18.2 Å². The number of aromatic nitrogens is 3. The molecule has 176 valence electrons. The quantitative estimate of drug-likeness (QED) is 0.212. The van der Waals surface area contributed by atoms with Crippen molar-refractivity contribution < 1.29 is 9.18 Å². The molecule has 6 N–H and O–H groups in total. The highest BCUT2D eigenvalue weighted by molar-refractivity contribution is 5.94. The summed E-state index contributed by atoms with van der Waals surface area (Å²) >= 11 is 0. The Morgan fingerprint density at radius 2 is 2.06 bits per heavy atom. The molecule has 0 fully saturated rings. The number of hydrogen-bond acceptors (Lipinski definition) is 6. The molecule has 1 aliphatic heterocycles. The van der Waals surface area contributed by atoms with Crippen LogP contribution in [0.3, 0.4) is 0 Å². The van der Waals surface area contributed by atoms with Gasteiger partial charge in [-0.3, -0.25) is 0 Å². The van der Waals surface area contributed by atoms with Crippen molar-refractivity contribution in [1.82, 2.24) is 19.9 Å². The zero-order valence-corrected chi connectivity index (χ0v) is 18.7. The highest BCUT2D eigenvalue weighted by atomic mass is 19.1. The molecule has 0 bridgehead atoms. The Kier molecular flexibility index (Phi) is 5.84. The van der Waals surface area contributed by atoms with E-state index in [-0.39, 0.29) is 11.7 Å². The molecular formula is C25H23FN8O. The third-order valence-electron chi connectivity index (χ3n) is 5.89. The molecule has 5 rings (SSSR count). The smallest absolute Gasteiger partial charge is 0.322 e. The van der Waals surface area contributed by atoms with Gasteiger partial charge in [-0.15, -0.1) is 0 Å². The second kappa shape index (κ2) is 9.26. The van der Waals surface area contributed by atoms with Crippen molar-refractivity contribution in [3.05, 3.63) is 78.0 Å². The molecule has 2 amide bonds. The molecule has 10 heteroatoms. The zero-order valence-electron chi connectivity index (χ0n) is 18.7. The number of nitrogens with one attached hydrogen (secondary N) is 4. The van der Waals surface area contributed by atoms with Crippen LogP contribution in [-0.2, 0) is 0 Å². The summed E-state index contributed by atoms with van der Waals surface area (Å²) in [6.07, 6.45) is 5.30. The van der Waals surface area contributed by atoms with E-state index in [4.69, 9.17) is 11.1 Å². The number of para-hydroxylation sites is 1. The zero-order chi connectivity index (χ0) is 24.4. The minimum Gasteiger partial charge on any atom is -0.398 e. The van der Waals surface area contributed by atoms with Crippen LogP contribution in [0.15, 0.2) is 60.9 Å². The molecule has 0 spiro atoms. The first-order valence-corrected chi connectivity index (χ1v) is 11.0. The molecule has 0 radical (unpaired) electrons. The van der Waals surface area contributed by atoms with Crippen molar-refractivity contribution in [3.63, 3.8) is 0 Å². The molecule has 0 aliphatic carbocycles. The van der Waals surface area contributed by atoms with E-state index in [2.05, 4.69) is 25.6 Å². The number of H-pyrrole nitrogens is 1. The van der Waals surface area contributed by atoms with E-state index in [1.165, 1.54) is 24.7 Å². The first kappa shape index (κ1) is 22.1. The van der Waals surface area contributed by atoms with Gasteiger partial charge in [-0.2, -0.15) is 0 Å². The molecule has 3 heterocycles. The van der Waals surface area contributed by atoms with Gasteiger partial charge in [0.05, 0.1) is 11.1 Å². The largest absolute Gasteiger partial charge is 0.398 e. The van der Waals surface area contributed by atoms with Crippen LogP contribution in [0.5, 0.6) is 0 Å². The summed E-state index contributed by atoms with van der Waals surface area (Å²) < 4.78 is 13.8. The normalized spacial score (nSPS) is 13.4. The first-order valence-electron chi connectivity index (χ1n) is 11.0. The number of anilines is 4. The Hall–Kier alpha value is -4.73. The van der Waals surface area contributed by atoms with E-state index >= 15 is 0 Å². The standard InChI is InChI=1S/C25H23FN8O/c26-19-3-1-2-4-21(19)33-25(35)34-9-7-15(8-10-34)22-12-18-23(29-14-30-24(18)32-22)31-17-5-6-20(28)16(11-17)13-27/h1-7,11-14,27H,8-10,28H2,(H,33,35)(H2,29,30,31,32). The molecule has 2 aromatic heterocycles. The second-order valence-electron chi connectivity index (χ2n) is 8.12. The number of hydrogen-bond donors (Lipinski definition) is 5. The average molecular weight is 471 g/mol. The number of carbonyl (C=O) groups excluding carboxylic acids is 1. The number of amides is 2. The van der Waals surface area contributed by atoms with Crippen molar-refractivity contribution in [2.45, 2.75) is 6.42 Å². The Bertz CT molecular complexity index is 1460. The van der Waals surface area contributed by atoms with Crippen LogP contribution in [0.2, 0.25) is 0 Å². The summed E-state index contributed by atoms with van der Waals surface area (Å²) in [6.45, 7) is 0.899. The third kappa shape index (κ3) is 4.54. The number of fused-ring (bicyclic) bond motifs is 1. The SMILES string of the molecule is N=Cc1cc(Nc2ncnc3[nH]c(C4=CCN(C(=O)Nc5ccccc5F)CC4)cc23)ccc1N. The molecule has 2 aromatic carbocycles. The van der Waals surface area contributed by atoms with Gasteiger partial charge in [-0.05, 0) is 48.4 Å². The summed E-state index contributed by atoms with van der Waals surface area (Å²) in [4.78, 5) is 26.2. The fourth-order valence-electron chi connectivity index (χ4n) is 3.98. The Labute approximate surface area is 200 Å². The van der Waals surface area contributed by atoms with E-state index in [1.807, 2.05) is 18.2 Å². The number of nitrogens with zero attached hydrogens (tertiary/aromatic N) is 3. The van der Waals surface area contributed by atoms with Crippen LogP contribution in [0, 0.1) is 11.2 Å². The monoisotopic (exact) mass is 470 g/mol. The van der Waals surface area contributed by atoms with E-state index in [1.54, 1.807) is 29.2 Å². The predicted molar refractivity (Wildman–Crippen MR) is 135 cm³/mol. The van der Waals surface area contributed by atoms with Crippen LogP contribution in [-0.4, -0.2) is 45.2 Å². The molecule has 0 saturated heterocycles. The minimum absolute atomic E-state index is 0.162. The summed E-state index contributed by atoms with van der Waals surface area (Å²) in [6, 6.07) is 13.1. The predicted octanol–water partition coefficient (Wildman–Crippen LogP) is 4.74. The minimum atomic E-state index is -0.467. The Balaban J connectivity index is 1.33. The first-order chi connectivity index (χ1) is 17.0. The maximum atomic E-state index is 13.8. The van der Waals surface area contributed by atoms with Gasteiger partial charge in [0.1, 0.15) is 23.6 Å². The van der Waals surface area contributed by atoms with E-state index in [0.717, 1.165) is 22.3 Å². The van der Waals surface area contributed by atoms with Crippen LogP contribution in [0.25, 0.3) is 16.6 Å². The average Bonchev–Trinajstić information content (AvgIpc) is 3.32. The third-order valence-corrected chi connectivity index (χ3v) is 5.89. The van der Waals surface area contributed by atoms with Crippen molar-refractivity contribution in [3.8, 4) is 0 Å². The number of nitrogen functional groups attached to an aromatic ring is 1. The van der Waals surface area contributed by atoms with Crippen LogP contribution in [0.4, 0.5) is 32.1 Å². The van der Waals surface area contributed by atoms with Crippen molar-refractivity contribution in [2.75, 3.05) is 29.5 Å². The topological polar surface area (TPSA) is 136 Å². The van der Waals surface area contributed by atoms with Crippen LogP contribution >= 0.6 is 0 Å². The number of nitrogens with two attached hydrogens (primary N) is 1. The molecule has 1 aliphatic rings. The van der Waals surface area contributed by atoms with Gasteiger partial charge < -0.3 is 31.7 Å². The Morgan fingerprint density at radius 3 is 2.83 bits per heavy atom. The highest BCUT2D eigenvalue weighted by Crippen LogP contribution is 2.30. The number of rotatable bonds is 5. The second-order valence-corrected chi connectivity index (χ2v) is 8.12. The summed E-state index contributed by atoms with van der Waals surface area (Å²) in [5.74, 6) is 0.159. The molecular weight excluding hydrogens is 447 g/mol. The van der Waals surface area contributed by atoms with E-state index in [9.17, 15) is 9.18 Å². The van der Waals surface area contributed by atoms with Crippen molar-refractivity contribution in [2.24, 2.45) is 0 Å². The van der Waals surface area contributed by atoms with E-state index in [0.29, 0.717) is 42.2 Å². The van der Waals surface area contributed by atoms with Gasteiger partial charge in [0.25, 0.3) is 0 Å². The van der Waals surface area contributed by atoms with Gasteiger partial charge in [0.15, 0.2) is 0 Å². The maximum absolute atomic E-state index is 13.8. The van der Waals surface area contributed by atoms with Crippen LogP contribution < -0.4 is 16.4 Å². The lowest BCUT2D eigenvalue weighted by atomic mass is 10.1. The highest BCUT2D eigenvalue weighted by Gasteiger charge is 2.20. The summed E-state index contributed by atoms with van der Waals surface area (Å²) in [5.41, 5.74) is 10.6. The lowest BCUT2D eigenvalue weighted by Crippen LogP contribution is -2.38. The molecule has 0 unspecified atom stereocenters. The van der Waals surface area contributed by atoms with Gasteiger partial charge in [-0.25, -0.2) is 19.2 Å². The summed E-state index contributed by atoms with van der Waals surface area (Å²) in [5, 5.41) is 14.2. The number of carbonyl (C=O) groups is 1. The van der Waals surface area contributed by atoms with Gasteiger partial charge >= 0.3 is 6.03 Å². The number of aromatic amines is 1. The van der Waals surface area contributed by atoms with Gasteiger partial charge in [0.2, 0.25) is 0 Å². The molecule has 35 heavy (non-hydrogen) atoms. The molecule has 0 atom stereocenters. The fraction of sp³-hybridized carbons (Fsp3) is 0.120. The number of urea groups is 1. The molecule has 9 nitrogen and oxygen atoms in total. The lowest BCUT2D eigenvalue weighted by Gasteiger charge is -2.26. The fourth-order valence-corrected chi connectivity index (χ4v) is 3.98. The van der Waals surface area contributed by atoms with E-state index < -0.39 is 5.82 Å². The molecule has 0 saturated carbocycles. The van der Waals surface area contributed by atoms with Crippen molar-refractivity contribution >= 4 is 51.7 Å². The lowest BCUT2D eigenvalue weighted by molar-refractivity contribution is 0.217.